The van der Waals surface area contributed by atoms with Crippen molar-refractivity contribution in [1.82, 2.24) is 10.2 Å². The van der Waals surface area contributed by atoms with Gasteiger partial charge in [-0.3, -0.25) is 13.9 Å². The number of sulfonamides is 1. The van der Waals surface area contributed by atoms with Crippen molar-refractivity contribution in [1.29, 1.82) is 0 Å². The summed E-state index contributed by atoms with van der Waals surface area (Å²) in [5, 5.41) is 3.47. The maximum Gasteiger partial charge on any atom is 0.244 e. The van der Waals surface area contributed by atoms with E-state index in [1.165, 1.54) is 17.0 Å². The number of hydrogen-bond donors (Lipinski definition) is 1. The SMILES string of the molecule is CCCNC(=O)[C@@H](Cc1ccccc1)N(Cc1ccccc1Cl)C(=O)CN(c1cc(Cl)c(Cl)cc1Cl)S(C)(=O)=O. The summed E-state index contributed by atoms with van der Waals surface area (Å²) in [6.07, 6.45) is 1.84. The van der Waals surface area contributed by atoms with Gasteiger partial charge in [-0.05, 0) is 35.7 Å². The van der Waals surface area contributed by atoms with Crippen molar-refractivity contribution in [2.24, 2.45) is 0 Å². The number of rotatable bonds is 12. The third kappa shape index (κ3) is 8.51. The minimum absolute atomic E-state index is 0.00759. The van der Waals surface area contributed by atoms with Crippen LogP contribution in [-0.4, -0.2) is 50.5 Å². The zero-order valence-corrected chi connectivity index (χ0v) is 25.8. The van der Waals surface area contributed by atoms with Crippen LogP contribution in [0.1, 0.15) is 24.5 Å². The molecule has 1 atom stereocenters. The van der Waals surface area contributed by atoms with Crippen LogP contribution in [0.15, 0.2) is 66.7 Å². The Morgan fingerprint density at radius 2 is 1.50 bits per heavy atom. The van der Waals surface area contributed by atoms with Crippen molar-refractivity contribution in [3.63, 3.8) is 0 Å². The summed E-state index contributed by atoms with van der Waals surface area (Å²) in [7, 11) is -4.03. The van der Waals surface area contributed by atoms with Gasteiger partial charge in [0.05, 0.1) is 27.0 Å². The van der Waals surface area contributed by atoms with E-state index in [-0.39, 0.29) is 39.6 Å². The Kier molecular flexibility index (Phi) is 11.5. The van der Waals surface area contributed by atoms with Crippen LogP contribution in [0, 0.1) is 0 Å². The second-order valence-corrected chi connectivity index (χ2v) is 12.6. The third-order valence-corrected chi connectivity index (χ3v) is 8.58. The number of amides is 2. The molecule has 0 heterocycles. The van der Waals surface area contributed by atoms with E-state index in [0.29, 0.717) is 23.6 Å². The molecule has 0 radical (unpaired) electrons. The van der Waals surface area contributed by atoms with Gasteiger partial charge in [0.25, 0.3) is 0 Å². The lowest BCUT2D eigenvalue weighted by Crippen LogP contribution is -2.53. The molecule has 0 fully saturated rings. The summed E-state index contributed by atoms with van der Waals surface area (Å²) in [6.45, 7) is 1.65. The van der Waals surface area contributed by atoms with E-state index in [0.717, 1.165) is 16.1 Å². The highest BCUT2D eigenvalue weighted by Crippen LogP contribution is 2.35. The lowest BCUT2D eigenvalue weighted by molar-refractivity contribution is -0.140. The molecule has 0 spiro atoms. The molecule has 0 aliphatic carbocycles. The number of carbonyl (C=O) groups is 2. The zero-order valence-electron chi connectivity index (χ0n) is 21.9. The Morgan fingerprint density at radius 1 is 0.875 bits per heavy atom. The Morgan fingerprint density at radius 3 is 2.12 bits per heavy atom. The molecule has 0 aliphatic rings. The van der Waals surface area contributed by atoms with E-state index in [4.69, 9.17) is 46.4 Å². The molecule has 40 heavy (non-hydrogen) atoms. The fourth-order valence-electron chi connectivity index (χ4n) is 4.03. The Bertz CT molecular complexity index is 1460. The number of benzene rings is 3. The highest BCUT2D eigenvalue weighted by molar-refractivity contribution is 7.92. The highest BCUT2D eigenvalue weighted by atomic mass is 35.5. The first kappa shape index (κ1) is 32.0. The van der Waals surface area contributed by atoms with Crippen molar-refractivity contribution >= 4 is 73.9 Å². The van der Waals surface area contributed by atoms with Gasteiger partial charge in [-0.1, -0.05) is 102 Å². The number of hydrogen-bond acceptors (Lipinski definition) is 4. The van der Waals surface area contributed by atoms with Gasteiger partial charge in [-0.25, -0.2) is 8.42 Å². The monoisotopic (exact) mass is 643 g/mol. The molecule has 0 bridgehead atoms. The predicted octanol–water partition coefficient (Wildman–Crippen LogP) is 6.23. The first-order valence-corrected chi connectivity index (χ1v) is 15.7. The first-order chi connectivity index (χ1) is 18.9. The number of anilines is 1. The molecular formula is C28H29Cl4N3O4S. The lowest BCUT2D eigenvalue weighted by Gasteiger charge is -2.34. The minimum atomic E-state index is -4.03. The van der Waals surface area contributed by atoms with Gasteiger partial charge in [0.15, 0.2) is 0 Å². The molecule has 0 saturated heterocycles. The Hall–Kier alpha value is -2.49. The van der Waals surface area contributed by atoms with Crippen LogP contribution in [0.4, 0.5) is 5.69 Å². The number of nitrogens with one attached hydrogen (secondary N) is 1. The summed E-state index contributed by atoms with van der Waals surface area (Å²) in [4.78, 5) is 28.9. The van der Waals surface area contributed by atoms with E-state index in [1.807, 2.05) is 37.3 Å². The first-order valence-electron chi connectivity index (χ1n) is 12.4. The van der Waals surface area contributed by atoms with Crippen molar-refractivity contribution in [2.75, 3.05) is 23.7 Å². The summed E-state index contributed by atoms with van der Waals surface area (Å²) in [5.41, 5.74) is 1.40. The summed E-state index contributed by atoms with van der Waals surface area (Å²) in [6, 6.07) is 17.8. The second-order valence-electron chi connectivity index (χ2n) is 9.10. The van der Waals surface area contributed by atoms with Crippen LogP contribution in [0.25, 0.3) is 0 Å². The molecule has 2 amide bonds. The lowest BCUT2D eigenvalue weighted by atomic mass is 10.0. The summed E-state index contributed by atoms with van der Waals surface area (Å²) >= 11 is 25.0. The number of carbonyl (C=O) groups excluding carboxylic acids is 2. The zero-order chi connectivity index (χ0) is 29.4. The van der Waals surface area contributed by atoms with Crippen LogP contribution in [0.2, 0.25) is 20.1 Å². The van der Waals surface area contributed by atoms with Crippen molar-refractivity contribution in [3.05, 3.63) is 97.9 Å². The molecule has 3 aromatic rings. The van der Waals surface area contributed by atoms with E-state index >= 15 is 0 Å². The van der Waals surface area contributed by atoms with Crippen LogP contribution in [-0.2, 0) is 32.6 Å². The molecular weight excluding hydrogens is 616 g/mol. The van der Waals surface area contributed by atoms with Gasteiger partial charge in [0, 0.05) is 24.5 Å². The molecule has 0 unspecified atom stereocenters. The Labute approximate surface area is 255 Å². The van der Waals surface area contributed by atoms with Gasteiger partial charge in [-0.15, -0.1) is 0 Å². The quantitative estimate of drug-likeness (QED) is 0.237. The summed E-state index contributed by atoms with van der Waals surface area (Å²) < 4.78 is 26.7. The average Bonchev–Trinajstić information content (AvgIpc) is 2.91. The minimum Gasteiger partial charge on any atom is -0.354 e. The maximum absolute atomic E-state index is 14.1. The standard InChI is InChI=1S/C28H29Cl4N3O4S/c1-3-13-33-28(37)26(14-19-9-5-4-6-10-19)34(17-20-11-7-8-12-21(20)29)27(36)18-35(40(2,38)39)25-16-23(31)22(30)15-24(25)32/h4-12,15-16,26H,3,13-14,17-18H2,1-2H3,(H,33,37)/t26-/m1/s1. The molecule has 7 nitrogen and oxygen atoms in total. The Balaban J connectivity index is 2.09. The molecule has 0 aliphatic heterocycles. The molecule has 3 rings (SSSR count). The van der Waals surface area contributed by atoms with Crippen LogP contribution in [0.5, 0.6) is 0 Å². The molecule has 1 N–H and O–H groups in total. The molecule has 214 valence electrons. The smallest absolute Gasteiger partial charge is 0.244 e. The van der Waals surface area contributed by atoms with Gasteiger partial charge in [-0.2, -0.15) is 0 Å². The van der Waals surface area contributed by atoms with E-state index in [2.05, 4.69) is 5.32 Å². The van der Waals surface area contributed by atoms with Gasteiger partial charge < -0.3 is 10.2 Å². The predicted molar refractivity (Wildman–Crippen MR) is 163 cm³/mol. The van der Waals surface area contributed by atoms with Crippen molar-refractivity contribution in [2.45, 2.75) is 32.4 Å². The second kappa shape index (κ2) is 14.4. The fraction of sp³-hybridized carbons (Fsp3) is 0.286. The highest BCUT2D eigenvalue weighted by Gasteiger charge is 2.34. The molecule has 3 aromatic carbocycles. The van der Waals surface area contributed by atoms with E-state index in [9.17, 15) is 18.0 Å². The molecule has 12 heteroatoms. The summed E-state index contributed by atoms with van der Waals surface area (Å²) in [5.74, 6) is -1.01. The van der Waals surface area contributed by atoms with E-state index < -0.39 is 28.5 Å². The van der Waals surface area contributed by atoms with Crippen LogP contribution < -0.4 is 9.62 Å². The normalized spacial score (nSPS) is 12.1. The largest absolute Gasteiger partial charge is 0.354 e. The number of halogens is 4. The maximum atomic E-state index is 14.1. The number of nitrogens with zero attached hydrogens (tertiary/aromatic N) is 2. The van der Waals surface area contributed by atoms with E-state index in [1.54, 1.807) is 24.3 Å². The van der Waals surface area contributed by atoms with Gasteiger partial charge in [0.2, 0.25) is 21.8 Å². The topological polar surface area (TPSA) is 86.8 Å². The molecule has 0 saturated carbocycles. The van der Waals surface area contributed by atoms with Crippen molar-refractivity contribution < 1.29 is 18.0 Å². The van der Waals surface area contributed by atoms with Crippen LogP contribution >= 0.6 is 46.4 Å². The average molecular weight is 645 g/mol. The van der Waals surface area contributed by atoms with Gasteiger partial charge in [0.1, 0.15) is 12.6 Å². The molecule has 0 aromatic heterocycles. The van der Waals surface area contributed by atoms with Crippen LogP contribution in [0.3, 0.4) is 0 Å². The third-order valence-electron chi connectivity index (χ3n) is 6.06. The van der Waals surface area contributed by atoms with Crippen molar-refractivity contribution in [3.8, 4) is 0 Å². The van der Waals surface area contributed by atoms with Gasteiger partial charge >= 0.3 is 0 Å². The fourth-order valence-corrected chi connectivity index (χ4v) is 5.77.